The van der Waals surface area contributed by atoms with Gasteiger partial charge in [0.2, 0.25) is 0 Å². The summed E-state index contributed by atoms with van der Waals surface area (Å²) < 4.78 is 7.86. The topological polar surface area (TPSA) is 50.5 Å². The minimum atomic E-state index is -0.639. The number of imidazole rings is 1. The molecule has 0 spiro atoms. The second-order valence-corrected chi connectivity index (χ2v) is 7.52. The molecule has 2 fully saturated rings. The van der Waals surface area contributed by atoms with Gasteiger partial charge < -0.3 is 14.4 Å². The minimum absolute atomic E-state index is 0.170. The third kappa shape index (κ3) is 3.36. The van der Waals surface area contributed by atoms with Gasteiger partial charge in [-0.25, -0.2) is 4.98 Å². The molecular weight excluding hydrogens is 314 g/mol. The Morgan fingerprint density at radius 3 is 2.96 bits per heavy atom. The number of nitrogens with zero attached hydrogens (tertiary/aromatic N) is 3. The van der Waals surface area contributed by atoms with Gasteiger partial charge in [-0.05, 0) is 44.9 Å². The molecule has 0 bridgehead atoms. The van der Waals surface area contributed by atoms with Crippen LogP contribution in [0.25, 0.3) is 5.69 Å². The highest BCUT2D eigenvalue weighted by Crippen LogP contribution is 2.36. The fraction of sp³-hybridized carbons (Fsp3) is 0.550. The van der Waals surface area contributed by atoms with E-state index in [9.17, 15) is 5.11 Å². The molecule has 134 valence electrons. The van der Waals surface area contributed by atoms with Crippen molar-refractivity contribution in [2.45, 2.75) is 44.4 Å². The predicted octanol–water partition coefficient (Wildman–Crippen LogP) is 2.62. The SMILES string of the molecule is C[C@]1(O)CCOC[C@@H]1[C@@H]1CCCN1Cc1nccn1-c1ccccc1. The standard InChI is InChI=1S/C20H27N3O2/c1-20(24)9-13-25-15-17(20)18-8-5-11-22(18)14-19-21-10-12-23(19)16-6-3-2-4-7-16/h2-4,6-7,10,12,17-18,24H,5,8-9,11,13-15H2,1H3/t17-,18+,20+/m1/s1. The van der Waals surface area contributed by atoms with E-state index in [-0.39, 0.29) is 5.92 Å². The Bertz CT molecular complexity index is 698. The number of ether oxygens (including phenoxy) is 1. The summed E-state index contributed by atoms with van der Waals surface area (Å²) in [6.07, 6.45) is 6.91. The highest BCUT2D eigenvalue weighted by molar-refractivity contribution is 5.32. The molecule has 0 radical (unpaired) electrons. The van der Waals surface area contributed by atoms with Gasteiger partial charge in [0.15, 0.2) is 0 Å². The first kappa shape index (κ1) is 16.8. The molecule has 25 heavy (non-hydrogen) atoms. The van der Waals surface area contributed by atoms with Crippen LogP contribution >= 0.6 is 0 Å². The average molecular weight is 341 g/mol. The molecule has 2 aliphatic heterocycles. The van der Waals surface area contributed by atoms with E-state index in [1.54, 1.807) is 0 Å². The second-order valence-electron chi connectivity index (χ2n) is 7.52. The summed E-state index contributed by atoms with van der Waals surface area (Å²) in [6.45, 7) is 5.15. The molecule has 2 saturated heterocycles. The van der Waals surface area contributed by atoms with E-state index in [0.717, 1.165) is 37.4 Å². The molecule has 0 amide bonds. The Kier molecular flexibility index (Phi) is 4.63. The summed E-state index contributed by atoms with van der Waals surface area (Å²) in [4.78, 5) is 7.08. The van der Waals surface area contributed by atoms with E-state index in [4.69, 9.17) is 4.74 Å². The number of rotatable bonds is 4. The zero-order valence-corrected chi connectivity index (χ0v) is 14.8. The van der Waals surface area contributed by atoms with Crippen LogP contribution in [-0.4, -0.2) is 51.0 Å². The molecule has 0 unspecified atom stereocenters. The quantitative estimate of drug-likeness (QED) is 0.929. The van der Waals surface area contributed by atoms with Crippen molar-refractivity contribution in [1.29, 1.82) is 0 Å². The number of aliphatic hydroxyl groups is 1. The monoisotopic (exact) mass is 341 g/mol. The van der Waals surface area contributed by atoms with E-state index in [1.165, 1.54) is 6.42 Å². The van der Waals surface area contributed by atoms with Crippen molar-refractivity contribution < 1.29 is 9.84 Å². The maximum absolute atomic E-state index is 10.8. The summed E-state index contributed by atoms with van der Waals surface area (Å²) in [5.74, 6) is 1.22. The van der Waals surface area contributed by atoms with Crippen LogP contribution in [0.5, 0.6) is 0 Å². The summed E-state index contributed by atoms with van der Waals surface area (Å²) in [7, 11) is 0. The lowest BCUT2D eigenvalue weighted by Gasteiger charge is -2.43. The van der Waals surface area contributed by atoms with Gasteiger partial charge in [-0.15, -0.1) is 0 Å². The maximum Gasteiger partial charge on any atom is 0.127 e. The van der Waals surface area contributed by atoms with Crippen molar-refractivity contribution in [3.8, 4) is 5.69 Å². The summed E-state index contributed by atoms with van der Waals surface area (Å²) >= 11 is 0. The average Bonchev–Trinajstić information content (AvgIpc) is 3.25. The predicted molar refractivity (Wildman–Crippen MR) is 96.5 cm³/mol. The van der Waals surface area contributed by atoms with Crippen LogP contribution in [0.4, 0.5) is 0 Å². The third-order valence-corrected chi connectivity index (χ3v) is 5.82. The van der Waals surface area contributed by atoms with E-state index in [1.807, 2.05) is 37.5 Å². The van der Waals surface area contributed by atoms with Crippen molar-refractivity contribution in [3.05, 3.63) is 48.5 Å². The largest absolute Gasteiger partial charge is 0.390 e. The maximum atomic E-state index is 10.8. The van der Waals surface area contributed by atoms with Crippen LogP contribution < -0.4 is 0 Å². The highest BCUT2D eigenvalue weighted by atomic mass is 16.5. The van der Waals surface area contributed by atoms with Crippen LogP contribution in [0.3, 0.4) is 0 Å². The lowest BCUT2D eigenvalue weighted by atomic mass is 9.79. The van der Waals surface area contributed by atoms with E-state index in [0.29, 0.717) is 19.3 Å². The molecule has 5 heteroatoms. The number of para-hydroxylation sites is 1. The number of likely N-dealkylation sites (tertiary alicyclic amines) is 1. The van der Waals surface area contributed by atoms with E-state index >= 15 is 0 Å². The van der Waals surface area contributed by atoms with Gasteiger partial charge >= 0.3 is 0 Å². The van der Waals surface area contributed by atoms with Gasteiger partial charge in [-0.3, -0.25) is 4.90 Å². The molecule has 3 atom stereocenters. The molecule has 3 heterocycles. The number of hydrogen-bond acceptors (Lipinski definition) is 4. The van der Waals surface area contributed by atoms with Crippen LogP contribution in [0.2, 0.25) is 0 Å². The fourth-order valence-corrected chi connectivity index (χ4v) is 4.34. The normalized spacial score (nSPS) is 30.6. The molecule has 4 rings (SSSR count). The van der Waals surface area contributed by atoms with E-state index in [2.05, 4.69) is 26.6 Å². The first-order chi connectivity index (χ1) is 12.1. The van der Waals surface area contributed by atoms with Crippen molar-refractivity contribution in [2.24, 2.45) is 5.92 Å². The minimum Gasteiger partial charge on any atom is -0.390 e. The molecular formula is C20H27N3O2. The Morgan fingerprint density at radius 1 is 1.32 bits per heavy atom. The molecule has 1 N–H and O–H groups in total. The van der Waals surface area contributed by atoms with Crippen molar-refractivity contribution in [3.63, 3.8) is 0 Å². The van der Waals surface area contributed by atoms with Crippen LogP contribution in [-0.2, 0) is 11.3 Å². The van der Waals surface area contributed by atoms with Crippen LogP contribution in [0.15, 0.2) is 42.7 Å². The zero-order chi connectivity index (χ0) is 17.3. The Morgan fingerprint density at radius 2 is 2.16 bits per heavy atom. The number of hydrogen-bond donors (Lipinski definition) is 1. The van der Waals surface area contributed by atoms with Gasteiger partial charge in [0, 0.05) is 36.6 Å². The molecule has 0 aliphatic carbocycles. The number of benzene rings is 1. The van der Waals surface area contributed by atoms with Crippen molar-refractivity contribution in [1.82, 2.24) is 14.5 Å². The molecule has 2 aliphatic rings. The van der Waals surface area contributed by atoms with Gasteiger partial charge in [0.05, 0.1) is 18.8 Å². The molecule has 0 saturated carbocycles. The molecule has 1 aromatic carbocycles. The number of aromatic nitrogens is 2. The summed E-state index contributed by atoms with van der Waals surface area (Å²) in [5, 5.41) is 10.8. The van der Waals surface area contributed by atoms with Crippen LogP contribution in [0, 0.1) is 5.92 Å². The molecule has 2 aromatic rings. The highest BCUT2D eigenvalue weighted by Gasteiger charge is 2.44. The van der Waals surface area contributed by atoms with Gasteiger partial charge in [0.1, 0.15) is 5.82 Å². The molecule has 5 nitrogen and oxygen atoms in total. The van der Waals surface area contributed by atoms with Gasteiger partial charge in [-0.1, -0.05) is 18.2 Å². The first-order valence-electron chi connectivity index (χ1n) is 9.27. The summed E-state index contributed by atoms with van der Waals surface area (Å²) in [6, 6.07) is 10.7. The van der Waals surface area contributed by atoms with Crippen molar-refractivity contribution >= 4 is 0 Å². The van der Waals surface area contributed by atoms with Crippen molar-refractivity contribution in [2.75, 3.05) is 19.8 Å². The molecule has 1 aromatic heterocycles. The van der Waals surface area contributed by atoms with Gasteiger partial charge in [-0.2, -0.15) is 0 Å². The Labute approximate surface area is 149 Å². The lowest BCUT2D eigenvalue weighted by molar-refractivity contribution is -0.123. The fourth-order valence-electron chi connectivity index (χ4n) is 4.34. The zero-order valence-electron chi connectivity index (χ0n) is 14.8. The summed E-state index contributed by atoms with van der Waals surface area (Å²) in [5.41, 5.74) is 0.499. The third-order valence-electron chi connectivity index (χ3n) is 5.82. The van der Waals surface area contributed by atoms with Crippen LogP contribution in [0.1, 0.15) is 32.0 Å². The second kappa shape index (κ2) is 6.90. The smallest absolute Gasteiger partial charge is 0.127 e. The lowest BCUT2D eigenvalue weighted by Crippen LogP contribution is -2.52. The van der Waals surface area contributed by atoms with Gasteiger partial charge in [0.25, 0.3) is 0 Å². The Balaban J connectivity index is 1.54. The first-order valence-corrected chi connectivity index (χ1v) is 9.27. The van der Waals surface area contributed by atoms with E-state index < -0.39 is 5.60 Å². The Hall–Kier alpha value is -1.69.